The molecule has 4 heteroatoms. The Bertz CT molecular complexity index is 736. The van der Waals surface area contributed by atoms with E-state index in [1.54, 1.807) is 6.08 Å². The van der Waals surface area contributed by atoms with Crippen molar-refractivity contribution in [1.82, 2.24) is 9.97 Å². The maximum atomic E-state index is 11.7. The summed E-state index contributed by atoms with van der Waals surface area (Å²) in [4.78, 5) is 20.7. The van der Waals surface area contributed by atoms with Crippen molar-refractivity contribution in [1.29, 1.82) is 0 Å². The van der Waals surface area contributed by atoms with Gasteiger partial charge in [-0.1, -0.05) is 70.7 Å². The average molecular weight is 381 g/mol. The van der Waals surface area contributed by atoms with Gasteiger partial charge in [0, 0.05) is 24.0 Å². The van der Waals surface area contributed by atoms with Crippen molar-refractivity contribution in [2.75, 3.05) is 6.61 Å². The summed E-state index contributed by atoms with van der Waals surface area (Å²) in [6.45, 7) is 6.83. The lowest BCUT2D eigenvalue weighted by atomic mass is 10.1. The largest absolute Gasteiger partial charge is 0.462 e. The topological polar surface area (TPSA) is 52.1 Å². The normalized spacial score (nSPS) is 12.2. The number of hydrogen-bond acceptors (Lipinski definition) is 4. The second-order valence-corrected chi connectivity index (χ2v) is 7.32. The van der Waals surface area contributed by atoms with E-state index in [1.807, 2.05) is 36.7 Å². The molecule has 2 rings (SSSR count). The van der Waals surface area contributed by atoms with E-state index in [4.69, 9.17) is 4.74 Å². The first kappa shape index (κ1) is 21.8. The number of carbonyl (C=O) groups is 1. The molecule has 0 aliphatic rings. The Morgan fingerprint density at radius 3 is 2.43 bits per heavy atom. The highest BCUT2D eigenvalue weighted by Crippen LogP contribution is 2.17. The van der Waals surface area contributed by atoms with E-state index in [-0.39, 0.29) is 5.97 Å². The molecule has 0 spiro atoms. The predicted octanol–water partition coefficient (Wildman–Crippen LogP) is 5.87. The molecule has 0 amide bonds. The van der Waals surface area contributed by atoms with Gasteiger partial charge < -0.3 is 4.74 Å². The van der Waals surface area contributed by atoms with Gasteiger partial charge in [-0.3, -0.25) is 0 Å². The van der Waals surface area contributed by atoms with Crippen LogP contribution in [-0.2, 0) is 16.0 Å². The first-order chi connectivity index (χ1) is 13.6. The third-order valence-electron chi connectivity index (χ3n) is 4.81. The minimum Gasteiger partial charge on any atom is -0.462 e. The standard InChI is InChI=1S/C24H32N2O2/c1-4-6-7-8-9-21-16-25-24(26-17-21)22-13-10-20(11-14-22)12-15-23(27)28-18-19(3)5-2/h10-17,19H,4-9,18H2,1-3H3/b15-12+. The number of rotatable bonds is 11. The summed E-state index contributed by atoms with van der Waals surface area (Å²) in [6.07, 6.45) is 14.1. The van der Waals surface area contributed by atoms with Crippen LogP contribution < -0.4 is 0 Å². The van der Waals surface area contributed by atoms with Crippen LogP contribution in [0.2, 0.25) is 0 Å². The first-order valence-electron chi connectivity index (χ1n) is 10.4. The van der Waals surface area contributed by atoms with Crippen molar-refractivity contribution in [2.24, 2.45) is 5.92 Å². The Hall–Kier alpha value is -2.49. The molecular formula is C24H32N2O2. The van der Waals surface area contributed by atoms with Crippen LogP contribution in [0, 0.1) is 5.92 Å². The lowest BCUT2D eigenvalue weighted by Gasteiger charge is -2.07. The molecular weight excluding hydrogens is 348 g/mol. The highest BCUT2D eigenvalue weighted by molar-refractivity contribution is 5.87. The molecule has 0 fully saturated rings. The van der Waals surface area contributed by atoms with Crippen LogP contribution >= 0.6 is 0 Å². The molecule has 0 saturated carbocycles. The molecule has 0 N–H and O–H groups in total. The molecule has 1 aromatic carbocycles. The maximum absolute atomic E-state index is 11.7. The van der Waals surface area contributed by atoms with Crippen LogP contribution in [0.1, 0.15) is 64.0 Å². The van der Waals surface area contributed by atoms with E-state index < -0.39 is 0 Å². The van der Waals surface area contributed by atoms with Gasteiger partial charge in [-0.2, -0.15) is 0 Å². The summed E-state index contributed by atoms with van der Waals surface area (Å²) in [7, 11) is 0. The molecule has 1 atom stereocenters. The Labute approximate surface area is 169 Å². The third-order valence-corrected chi connectivity index (χ3v) is 4.81. The molecule has 0 bridgehead atoms. The van der Waals surface area contributed by atoms with Gasteiger partial charge >= 0.3 is 5.97 Å². The van der Waals surface area contributed by atoms with Gasteiger partial charge in [0.25, 0.3) is 0 Å². The van der Waals surface area contributed by atoms with Crippen molar-refractivity contribution >= 4 is 12.0 Å². The Kier molecular flexibility index (Phi) is 9.40. The zero-order valence-electron chi connectivity index (χ0n) is 17.4. The van der Waals surface area contributed by atoms with Gasteiger partial charge in [-0.15, -0.1) is 0 Å². The van der Waals surface area contributed by atoms with Gasteiger partial charge in [0.05, 0.1) is 6.61 Å². The van der Waals surface area contributed by atoms with Crippen molar-refractivity contribution in [2.45, 2.75) is 59.3 Å². The molecule has 0 radical (unpaired) electrons. The Balaban J connectivity index is 1.87. The van der Waals surface area contributed by atoms with E-state index in [1.165, 1.54) is 37.3 Å². The molecule has 0 aliphatic heterocycles. The molecule has 1 unspecified atom stereocenters. The van der Waals surface area contributed by atoms with Gasteiger partial charge in [-0.05, 0) is 36.0 Å². The number of unbranched alkanes of at least 4 members (excludes halogenated alkanes) is 3. The SMILES string of the molecule is CCCCCCc1cnc(-c2ccc(/C=C/C(=O)OCC(C)CC)cc2)nc1. The number of aromatic nitrogens is 2. The first-order valence-corrected chi connectivity index (χ1v) is 10.4. The summed E-state index contributed by atoms with van der Waals surface area (Å²) < 4.78 is 5.22. The number of carbonyl (C=O) groups excluding carboxylic acids is 1. The number of nitrogens with zero attached hydrogens (tertiary/aromatic N) is 2. The summed E-state index contributed by atoms with van der Waals surface area (Å²) in [5, 5.41) is 0. The molecule has 0 aliphatic carbocycles. The lowest BCUT2D eigenvalue weighted by molar-refractivity contribution is -0.138. The smallest absolute Gasteiger partial charge is 0.330 e. The highest BCUT2D eigenvalue weighted by Gasteiger charge is 2.04. The molecule has 28 heavy (non-hydrogen) atoms. The summed E-state index contributed by atoms with van der Waals surface area (Å²) in [5.74, 6) is 0.808. The predicted molar refractivity (Wildman–Crippen MR) is 115 cm³/mol. The summed E-state index contributed by atoms with van der Waals surface area (Å²) in [5.41, 5.74) is 3.10. The Morgan fingerprint density at radius 2 is 1.79 bits per heavy atom. The minimum absolute atomic E-state index is 0.303. The van der Waals surface area contributed by atoms with E-state index in [2.05, 4.69) is 30.7 Å². The van der Waals surface area contributed by atoms with Gasteiger partial charge in [0.2, 0.25) is 0 Å². The Morgan fingerprint density at radius 1 is 1.07 bits per heavy atom. The van der Waals surface area contributed by atoms with E-state index in [9.17, 15) is 4.79 Å². The number of aryl methyl sites for hydroxylation is 1. The van der Waals surface area contributed by atoms with Crippen LogP contribution in [0.25, 0.3) is 17.5 Å². The van der Waals surface area contributed by atoms with Crippen LogP contribution in [0.3, 0.4) is 0 Å². The number of ether oxygens (including phenoxy) is 1. The average Bonchev–Trinajstić information content (AvgIpc) is 2.74. The monoisotopic (exact) mass is 380 g/mol. The molecule has 1 heterocycles. The fourth-order valence-electron chi connectivity index (χ4n) is 2.69. The maximum Gasteiger partial charge on any atom is 0.330 e. The van der Waals surface area contributed by atoms with E-state index in [0.29, 0.717) is 12.5 Å². The van der Waals surface area contributed by atoms with Crippen molar-refractivity contribution in [3.05, 3.63) is 53.9 Å². The highest BCUT2D eigenvalue weighted by atomic mass is 16.5. The number of hydrogen-bond donors (Lipinski definition) is 0. The lowest BCUT2D eigenvalue weighted by Crippen LogP contribution is -2.08. The van der Waals surface area contributed by atoms with Crippen molar-refractivity contribution < 1.29 is 9.53 Å². The van der Waals surface area contributed by atoms with Gasteiger partial charge in [-0.25, -0.2) is 14.8 Å². The molecule has 150 valence electrons. The second kappa shape index (κ2) is 12.1. The van der Waals surface area contributed by atoms with Gasteiger partial charge in [0.15, 0.2) is 5.82 Å². The van der Waals surface area contributed by atoms with Crippen LogP contribution in [0.4, 0.5) is 0 Å². The molecule has 4 nitrogen and oxygen atoms in total. The fraction of sp³-hybridized carbons (Fsp3) is 0.458. The van der Waals surface area contributed by atoms with Crippen molar-refractivity contribution in [3.8, 4) is 11.4 Å². The van der Waals surface area contributed by atoms with E-state index >= 15 is 0 Å². The van der Waals surface area contributed by atoms with Gasteiger partial charge in [0.1, 0.15) is 0 Å². The van der Waals surface area contributed by atoms with Crippen LogP contribution in [-0.4, -0.2) is 22.5 Å². The number of benzene rings is 1. The zero-order valence-corrected chi connectivity index (χ0v) is 17.4. The number of esters is 1. The molecule has 2 aromatic rings. The van der Waals surface area contributed by atoms with Crippen molar-refractivity contribution in [3.63, 3.8) is 0 Å². The minimum atomic E-state index is -0.303. The summed E-state index contributed by atoms with van der Waals surface area (Å²) in [6, 6.07) is 7.85. The quantitative estimate of drug-likeness (QED) is 0.278. The van der Waals surface area contributed by atoms with E-state index in [0.717, 1.165) is 29.8 Å². The van der Waals surface area contributed by atoms with Crippen LogP contribution in [0.15, 0.2) is 42.7 Å². The fourth-order valence-corrected chi connectivity index (χ4v) is 2.69. The summed E-state index contributed by atoms with van der Waals surface area (Å²) >= 11 is 0. The zero-order chi connectivity index (χ0) is 20.2. The third kappa shape index (κ3) is 7.63. The molecule has 0 saturated heterocycles. The van der Waals surface area contributed by atoms with Crippen LogP contribution in [0.5, 0.6) is 0 Å². The molecule has 1 aromatic heterocycles. The second-order valence-electron chi connectivity index (χ2n) is 7.32.